The lowest BCUT2D eigenvalue weighted by Gasteiger charge is -2.20. The van der Waals surface area contributed by atoms with Crippen molar-refractivity contribution >= 4 is 5.91 Å². The lowest BCUT2D eigenvalue weighted by molar-refractivity contribution is 0.0773. The highest BCUT2D eigenvalue weighted by Crippen LogP contribution is 2.24. The summed E-state index contributed by atoms with van der Waals surface area (Å²) in [7, 11) is 1.88. The predicted molar refractivity (Wildman–Crippen MR) is 111 cm³/mol. The average Bonchev–Trinajstić information content (AvgIpc) is 2.86. The van der Waals surface area contributed by atoms with E-state index in [1.165, 1.54) is 16.7 Å². The third-order valence-electron chi connectivity index (χ3n) is 5.37. The molecule has 27 heavy (non-hydrogen) atoms. The van der Waals surface area contributed by atoms with Gasteiger partial charge in [0.05, 0.1) is 0 Å². The standard InChI is InChI=1S/C24H28N2O/c1-17-10-9-13-22(14-17)16-26-20(4)18(2)19(3)23(26)24(27)25(5)15-21-11-7-6-8-12-21/h6-14H,15-16H2,1-5H3. The average molecular weight is 361 g/mol. The van der Waals surface area contributed by atoms with E-state index in [9.17, 15) is 4.79 Å². The van der Waals surface area contributed by atoms with Gasteiger partial charge in [0.1, 0.15) is 5.69 Å². The predicted octanol–water partition coefficient (Wildman–Crippen LogP) is 5.04. The van der Waals surface area contributed by atoms with Gasteiger partial charge in [-0.3, -0.25) is 4.79 Å². The van der Waals surface area contributed by atoms with Gasteiger partial charge < -0.3 is 9.47 Å². The summed E-state index contributed by atoms with van der Waals surface area (Å²) < 4.78 is 2.17. The van der Waals surface area contributed by atoms with E-state index in [1.54, 1.807) is 0 Å². The molecular formula is C24H28N2O. The summed E-state index contributed by atoms with van der Waals surface area (Å²) in [4.78, 5) is 15.1. The summed E-state index contributed by atoms with van der Waals surface area (Å²) in [6, 6.07) is 18.6. The van der Waals surface area contributed by atoms with Crippen molar-refractivity contribution < 1.29 is 4.79 Å². The molecular weight excluding hydrogens is 332 g/mol. The fraction of sp³-hybridized carbons (Fsp3) is 0.292. The first-order chi connectivity index (χ1) is 12.9. The van der Waals surface area contributed by atoms with Crippen molar-refractivity contribution in [2.45, 2.75) is 40.8 Å². The summed E-state index contributed by atoms with van der Waals surface area (Å²) >= 11 is 0. The maximum absolute atomic E-state index is 13.3. The maximum atomic E-state index is 13.3. The molecule has 3 rings (SSSR count). The summed E-state index contributed by atoms with van der Waals surface area (Å²) in [5.74, 6) is 0.0696. The number of aryl methyl sites for hydroxylation is 1. The molecule has 0 fully saturated rings. The Morgan fingerprint density at radius 3 is 2.22 bits per heavy atom. The molecule has 0 aliphatic carbocycles. The molecule has 3 heteroatoms. The molecule has 1 heterocycles. The molecule has 1 amide bonds. The second-order valence-electron chi connectivity index (χ2n) is 7.41. The van der Waals surface area contributed by atoms with Gasteiger partial charge in [-0.25, -0.2) is 0 Å². The van der Waals surface area contributed by atoms with Gasteiger partial charge in [-0.15, -0.1) is 0 Å². The first kappa shape index (κ1) is 19.0. The molecule has 0 unspecified atom stereocenters. The van der Waals surface area contributed by atoms with E-state index in [0.717, 1.165) is 22.5 Å². The number of hydrogen-bond donors (Lipinski definition) is 0. The van der Waals surface area contributed by atoms with Crippen LogP contribution in [0.2, 0.25) is 0 Å². The van der Waals surface area contributed by atoms with Gasteiger partial charge in [-0.05, 0) is 49.9 Å². The lowest BCUT2D eigenvalue weighted by Crippen LogP contribution is -2.29. The molecule has 2 aromatic carbocycles. The molecule has 0 radical (unpaired) electrons. The number of carbonyl (C=O) groups excluding carboxylic acids is 1. The molecule has 0 spiro atoms. The van der Waals surface area contributed by atoms with E-state index < -0.39 is 0 Å². The van der Waals surface area contributed by atoms with Crippen LogP contribution < -0.4 is 0 Å². The summed E-state index contributed by atoms with van der Waals surface area (Å²) in [6.45, 7) is 9.67. The first-order valence-corrected chi connectivity index (χ1v) is 9.39. The minimum Gasteiger partial charge on any atom is -0.336 e. The molecule has 140 valence electrons. The molecule has 3 aromatic rings. The minimum absolute atomic E-state index is 0.0696. The highest BCUT2D eigenvalue weighted by Gasteiger charge is 2.23. The van der Waals surface area contributed by atoms with Crippen LogP contribution in [-0.4, -0.2) is 22.4 Å². The quantitative estimate of drug-likeness (QED) is 0.625. The van der Waals surface area contributed by atoms with Crippen LogP contribution in [-0.2, 0) is 13.1 Å². The van der Waals surface area contributed by atoms with Gasteiger partial charge in [-0.2, -0.15) is 0 Å². The number of amides is 1. The van der Waals surface area contributed by atoms with E-state index in [-0.39, 0.29) is 5.91 Å². The molecule has 0 aliphatic rings. The number of benzene rings is 2. The number of nitrogens with zero attached hydrogens (tertiary/aromatic N) is 2. The molecule has 0 saturated heterocycles. The zero-order valence-corrected chi connectivity index (χ0v) is 16.9. The zero-order chi connectivity index (χ0) is 19.6. The van der Waals surface area contributed by atoms with Crippen molar-refractivity contribution in [1.82, 2.24) is 9.47 Å². The molecule has 0 atom stereocenters. The number of hydrogen-bond acceptors (Lipinski definition) is 1. The molecule has 0 N–H and O–H groups in total. The lowest BCUT2D eigenvalue weighted by atomic mass is 10.1. The van der Waals surface area contributed by atoms with E-state index in [0.29, 0.717) is 13.1 Å². The summed E-state index contributed by atoms with van der Waals surface area (Å²) in [5.41, 5.74) is 7.81. The Kier molecular flexibility index (Phi) is 5.50. The Morgan fingerprint density at radius 1 is 0.889 bits per heavy atom. The highest BCUT2D eigenvalue weighted by atomic mass is 16.2. The fourth-order valence-corrected chi connectivity index (χ4v) is 3.60. The minimum atomic E-state index is 0.0696. The van der Waals surface area contributed by atoms with Gasteiger partial charge in [-0.1, -0.05) is 60.2 Å². The van der Waals surface area contributed by atoms with Gasteiger partial charge >= 0.3 is 0 Å². The van der Waals surface area contributed by atoms with Crippen molar-refractivity contribution in [3.63, 3.8) is 0 Å². The van der Waals surface area contributed by atoms with Crippen LogP contribution in [0.4, 0.5) is 0 Å². The third-order valence-corrected chi connectivity index (χ3v) is 5.37. The van der Waals surface area contributed by atoms with Gasteiger partial charge in [0, 0.05) is 25.8 Å². The van der Waals surface area contributed by atoms with Crippen LogP contribution in [0.15, 0.2) is 54.6 Å². The monoisotopic (exact) mass is 360 g/mol. The van der Waals surface area contributed by atoms with Crippen LogP contribution in [0.25, 0.3) is 0 Å². The Hall–Kier alpha value is -2.81. The normalized spacial score (nSPS) is 10.9. The van der Waals surface area contributed by atoms with Gasteiger partial charge in [0.2, 0.25) is 0 Å². The summed E-state index contributed by atoms with van der Waals surface area (Å²) in [5, 5.41) is 0. The topological polar surface area (TPSA) is 25.2 Å². The first-order valence-electron chi connectivity index (χ1n) is 9.39. The number of aromatic nitrogens is 1. The Morgan fingerprint density at radius 2 is 1.56 bits per heavy atom. The van der Waals surface area contributed by atoms with Gasteiger partial charge in [0.15, 0.2) is 0 Å². The van der Waals surface area contributed by atoms with E-state index in [1.807, 2.05) is 30.1 Å². The SMILES string of the molecule is Cc1cccc(Cn2c(C)c(C)c(C)c2C(=O)N(C)Cc2ccccc2)c1. The largest absolute Gasteiger partial charge is 0.336 e. The van der Waals surface area contributed by atoms with Crippen LogP contribution in [0, 0.1) is 27.7 Å². The summed E-state index contributed by atoms with van der Waals surface area (Å²) in [6.07, 6.45) is 0. The Labute approximate surface area is 162 Å². The van der Waals surface area contributed by atoms with Gasteiger partial charge in [0.25, 0.3) is 5.91 Å². The van der Waals surface area contributed by atoms with Crippen molar-refractivity contribution in [3.8, 4) is 0 Å². The Bertz CT molecular complexity index is 954. The smallest absolute Gasteiger partial charge is 0.270 e. The van der Waals surface area contributed by atoms with Crippen LogP contribution in [0.3, 0.4) is 0 Å². The van der Waals surface area contributed by atoms with Crippen LogP contribution in [0.5, 0.6) is 0 Å². The van der Waals surface area contributed by atoms with Crippen molar-refractivity contribution in [1.29, 1.82) is 0 Å². The zero-order valence-electron chi connectivity index (χ0n) is 16.9. The van der Waals surface area contributed by atoms with E-state index >= 15 is 0 Å². The van der Waals surface area contributed by atoms with Crippen LogP contribution >= 0.6 is 0 Å². The van der Waals surface area contributed by atoms with Crippen molar-refractivity contribution in [3.05, 3.63) is 93.8 Å². The van der Waals surface area contributed by atoms with E-state index in [4.69, 9.17) is 0 Å². The third kappa shape index (κ3) is 3.97. The molecule has 3 nitrogen and oxygen atoms in total. The number of rotatable bonds is 5. The van der Waals surface area contributed by atoms with Crippen molar-refractivity contribution in [2.75, 3.05) is 7.05 Å². The second kappa shape index (κ2) is 7.83. The molecule has 0 aliphatic heterocycles. The highest BCUT2D eigenvalue weighted by molar-refractivity contribution is 5.94. The molecule has 0 saturated carbocycles. The van der Waals surface area contributed by atoms with Crippen molar-refractivity contribution in [2.24, 2.45) is 0 Å². The van der Waals surface area contributed by atoms with E-state index in [2.05, 4.69) is 68.7 Å². The Balaban J connectivity index is 1.94. The second-order valence-corrected chi connectivity index (χ2v) is 7.41. The maximum Gasteiger partial charge on any atom is 0.270 e. The molecule has 1 aromatic heterocycles. The number of carbonyl (C=O) groups is 1. The molecule has 0 bridgehead atoms. The fourth-order valence-electron chi connectivity index (χ4n) is 3.60. The van der Waals surface area contributed by atoms with Crippen LogP contribution in [0.1, 0.15) is 44.0 Å².